The van der Waals surface area contributed by atoms with Crippen LogP contribution in [0.4, 0.5) is 0 Å². The highest BCUT2D eigenvalue weighted by Crippen LogP contribution is 2.22. The van der Waals surface area contributed by atoms with Crippen LogP contribution in [0.5, 0.6) is 0 Å². The molecule has 0 spiro atoms. The Morgan fingerprint density at radius 2 is 2.22 bits per heavy atom. The van der Waals surface area contributed by atoms with E-state index < -0.39 is 0 Å². The van der Waals surface area contributed by atoms with Crippen LogP contribution in [0.3, 0.4) is 0 Å². The van der Waals surface area contributed by atoms with E-state index >= 15 is 0 Å². The van der Waals surface area contributed by atoms with Crippen LogP contribution in [-0.2, 0) is 9.53 Å². The second-order valence-electron chi connectivity index (χ2n) is 5.66. The summed E-state index contributed by atoms with van der Waals surface area (Å²) >= 11 is 0. The van der Waals surface area contributed by atoms with E-state index in [-0.39, 0.29) is 11.9 Å². The second kappa shape index (κ2) is 6.53. The lowest BCUT2D eigenvalue weighted by Gasteiger charge is -2.28. The Kier molecular flexibility index (Phi) is 5.01. The van der Waals surface area contributed by atoms with E-state index in [4.69, 9.17) is 4.74 Å². The summed E-state index contributed by atoms with van der Waals surface area (Å²) in [6.45, 7) is 5.91. The van der Waals surface area contributed by atoms with Gasteiger partial charge in [0.05, 0.1) is 12.1 Å². The molecule has 2 saturated heterocycles. The molecule has 2 aliphatic heterocycles. The van der Waals surface area contributed by atoms with Crippen molar-refractivity contribution in [3.63, 3.8) is 0 Å². The fourth-order valence-electron chi connectivity index (χ4n) is 3.08. The van der Waals surface area contributed by atoms with Crippen molar-refractivity contribution in [1.29, 1.82) is 0 Å². The molecule has 0 aliphatic carbocycles. The lowest BCUT2D eigenvalue weighted by atomic mass is 9.97. The number of nitrogens with one attached hydrogen (secondary N) is 2. The highest BCUT2D eigenvalue weighted by molar-refractivity contribution is 5.81. The van der Waals surface area contributed by atoms with E-state index in [1.165, 1.54) is 6.42 Å². The van der Waals surface area contributed by atoms with Crippen molar-refractivity contribution in [2.75, 3.05) is 13.2 Å². The van der Waals surface area contributed by atoms with Crippen LogP contribution in [0.1, 0.15) is 46.0 Å². The third kappa shape index (κ3) is 3.45. The zero-order chi connectivity index (χ0) is 13.0. The van der Waals surface area contributed by atoms with E-state index in [0.717, 1.165) is 38.8 Å². The normalized spacial score (nSPS) is 36.6. The van der Waals surface area contributed by atoms with Crippen LogP contribution in [0.15, 0.2) is 0 Å². The Hall–Kier alpha value is -0.610. The van der Waals surface area contributed by atoms with Crippen molar-refractivity contribution >= 4 is 5.91 Å². The number of ether oxygens (including phenoxy) is 1. The predicted molar refractivity (Wildman–Crippen MR) is 71.4 cm³/mol. The van der Waals surface area contributed by atoms with Gasteiger partial charge in [0.25, 0.3) is 0 Å². The molecule has 4 atom stereocenters. The number of hydrogen-bond donors (Lipinski definition) is 2. The number of carbonyl (C=O) groups excluding carboxylic acids is 1. The Labute approximate surface area is 110 Å². The molecule has 2 fully saturated rings. The van der Waals surface area contributed by atoms with Gasteiger partial charge in [-0.15, -0.1) is 0 Å². The van der Waals surface area contributed by atoms with Gasteiger partial charge in [-0.2, -0.15) is 0 Å². The van der Waals surface area contributed by atoms with Crippen LogP contribution < -0.4 is 10.6 Å². The molecule has 2 aliphatic rings. The number of hydrogen-bond acceptors (Lipinski definition) is 3. The van der Waals surface area contributed by atoms with Gasteiger partial charge in [-0.3, -0.25) is 4.79 Å². The van der Waals surface area contributed by atoms with Crippen LogP contribution in [0, 0.1) is 5.92 Å². The Morgan fingerprint density at radius 3 is 2.94 bits per heavy atom. The zero-order valence-electron chi connectivity index (χ0n) is 11.6. The molecule has 4 heteroatoms. The maximum atomic E-state index is 12.1. The molecule has 1 amide bonds. The molecular formula is C14H26N2O2. The van der Waals surface area contributed by atoms with E-state index in [0.29, 0.717) is 18.1 Å². The van der Waals surface area contributed by atoms with Crippen molar-refractivity contribution in [1.82, 2.24) is 10.6 Å². The number of piperidine rings is 1. The van der Waals surface area contributed by atoms with Crippen molar-refractivity contribution in [2.45, 2.75) is 64.1 Å². The summed E-state index contributed by atoms with van der Waals surface area (Å²) in [7, 11) is 0. The molecule has 0 bridgehead atoms. The average Bonchev–Trinajstić information content (AvgIpc) is 2.83. The average molecular weight is 254 g/mol. The van der Waals surface area contributed by atoms with Gasteiger partial charge in [-0.1, -0.05) is 6.92 Å². The summed E-state index contributed by atoms with van der Waals surface area (Å²) in [4.78, 5) is 12.1. The highest BCUT2D eigenvalue weighted by atomic mass is 16.5. The number of rotatable bonds is 4. The van der Waals surface area contributed by atoms with Gasteiger partial charge < -0.3 is 15.4 Å². The van der Waals surface area contributed by atoms with Gasteiger partial charge in [0.2, 0.25) is 5.91 Å². The van der Waals surface area contributed by atoms with Gasteiger partial charge in [0.15, 0.2) is 0 Å². The van der Waals surface area contributed by atoms with Gasteiger partial charge in [-0.25, -0.2) is 0 Å². The van der Waals surface area contributed by atoms with Crippen LogP contribution in [-0.4, -0.2) is 37.2 Å². The van der Waals surface area contributed by atoms with Gasteiger partial charge in [-0.05, 0) is 39.0 Å². The molecule has 4 unspecified atom stereocenters. The highest BCUT2D eigenvalue weighted by Gasteiger charge is 2.29. The largest absolute Gasteiger partial charge is 0.378 e. The molecule has 4 nitrogen and oxygen atoms in total. The zero-order valence-corrected chi connectivity index (χ0v) is 11.6. The smallest absolute Gasteiger partial charge is 0.237 e. The van der Waals surface area contributed by atoms with Crippen molar-refractivity contribution in [2.24, 2.45) is 5.92 Å². The Morgan fingerprint density at radius 1 is 1.39 bits per heavy atom. The molecule has 0 aromatic rings. The maximum Gasteiger partial charge on any atom is 0.237 e. The minimum atomic E-state index is 0.0103. The molecule has 18 heavy (non-hydrogen) atoms. The first kappa shape index (κ1) is 13.8. The fourth-order valence-corrected chi connectivity index (χ4v) is 3.08. The molecular weight excluding hydrogens is 228 g/mol. The summed E-state index contributed by atoms with van der Waals surface area (Å²) in [5.41, 5.74) is 0. The maximum absolute atomic E-state index is 12.1. The van der Waals surface area contributed by atoms with E-state index in [1.54, 1.807) is 0 Å². The van der Waals surface area contributed by atoms with Crippen LogP contribution in [0.25, 0.3) is 0 Å². The van der Waals surface area contributed by atoms with Gasteiger partial charge >= 0.3 is 0 Å². The summed E-state index contributed by atoms with van der Waals surface area (Å²) in [6, 6.07) is 0.476. The number of carbonyl (C=O) groups is 1. The number of amides is 1. The molecule has 104 valence electrons. The monoisotopic (exact) mass is 254 g/mol. The van der Waals surface area contributed by atoms with Crippen LogP contribution >= 0.6 is 0 Å². The molecule has 2 heterocycles. The first-order valence-corrected chi connectivity index (χ1v) is 7.36. The summed E-state index contributed by atoms with van der Waals surface area (Å²) in [5.74, 6) is 0.670. The second-order valence-corrected chi connectivity index (χ2v) is 5.66. The van der Waals surface area contributed by atoms with Gasteiger partial charge in [0, 0.05) is 25.1 Å². The third-order valence-electron chi connectivity index (χ3n) is 4.22. The predicted octanol–water partition coefficient (Wildman–Crippen LogP) is 1.45. The summed E-state index contributed by atoms with van der Waals surface area (Å²) in [5, 5.41) is 6.47. The lowest BCUT2D eigenvalue weighted by Crippen LogP contribution is -2.51. The molecule has 0 aromatic heterocycles. The standard InChI is InChI=1S/C14H26N2O2/c1-3-13-11(7-8-18-13)9-15-14(17)12-6-4-5-10(2)16-12/h10-13,16H,3-9H2,1-2H3,(H,15,17). The molecule has 0 saturated carbocycles. The Bertz CT molecular complexity index is 283. The first-order valence-electron chi connectivity index (χ1n) is 7.36. The topological polar surface area (TPSA) is 50.4 Å². The minimum Gasteiger partial charge on any atom is -0.378 e. The molecule has 2 rings (SSSR count). The van der Waals surface area contributed by atoms with E-state index in [1.807, 2.05) is 0 Å². The quantitative estimate of drug-likeness (QED) is 0.798. The molecule has 2 N–H and O–H groups in total. The lowest BCUT2D eigenvalue weighted by molar-refractivity contribution is -0.124. The third-order valence-corrected chi connectivity index (χ3v) is 4.22. The molecule has 0 aromatic carbocycles. The van der Waals surface area contributed by atoms with Gasteiger partial charge in [0.1, 0.15) is 0 Å². The SMILES string of the molecule is CCC1OCCC1CNC(=O)C1CCCC(C)N1. The van der Waals surface area contributed by atoms with Crippen LogP contribution in [0.2, 0.25) is 0 Å². The van der Waals surface area contributed by atoms with E-state index in [2.05, 4.69) is 24.5 Å². The Balaban J connectivity index is 1.74. The summed E-state index contributed by atoms with van der Waals surface area (Å²) in [6.07, 6.45) is 5.75. The fraction of sp³-hybridized carbons (Fsp3) is 0.929. The van der Waals surface area contributed by atoms with Crippen molar-refractivity contribution in [3.05, 3.63) is 0 Å². The van der Waals surface area contributed by atoms with E-state index in [9.17, 15) is 4.79 Å². The van der Waals surface area contributed by atoms with Crippen molar-refractivity contribution < 1.29 is 9.53 Å². The minimum absolute atomic E-state index is 0.0103. The molecule has 0 radical (unpaired) electrons. The first-order chi connectivity index (χ1) is 8.70. The summed E-state index contributed by atoms with van der Waals surface area (Å²) < 4.78 is 5.64. The van der Waals surface area contributed by atoms with Crippen molar-refractivity contribution in [3.8, 4) is 0 Å².